The lowest BCUT2D eigenvalue weighted by Crippen LogP contribution is -2.41. The lowest BCUT2D eigenvalue weighted by atomic mass is 10.2. The molecule has 0 atom stereocenters. The molecular formula is C13H10ClFN2O3S. The number of sulfonamides is 1. The highest BCUT2D eigenvalue weighted by Gasteiger charge is 2.19. The summed E-state index contributed by atoms with van der Waals surface area (Å²) in [6.45, 7) is 0. The predicted molar refractivity (Wildman–Crippen MR) is 75.6 cm³/mol. The Kier molecular flexibility index (Phi) is 4.56. The minimum atomic E-state index is -4.09. The van der Waals surface area contributed by atoms with Gasteiger partial charge >= 0.3 is 0 Å². The van der Waals surface area contributed by atoms with Crippen molar-refractivity contribution in [2.45, 2.75) is 4.90 Å². The van der Waals surface area contributed by atoms with Gasteiger partial charge in [0, 0.05) is 5.56 Å². The quantitative estimate of drug-likeness (QED) is 0.844. The van der Waals surface area contributed by atoms with Gasteiger partial charge in [0.05, 0.1) is 5.02 Å². The van der Waals surface area contributed by atoms with E-state index in [0.717, 1.165) is 18.2 Å². The highest BCUT2D eigenvalue weighted by molar-refractivity contribution is 7.89. The number of nitrogens with one attached hydrogen (secondary N) is 2. The van der Waals surface area contributed by atoms with Crippen LogP contribution in [0.3, 0.4) is 0 Å². The zero-order valence-corrected chi connectivity index (χ0v) is 12.1. The molecule has 0 aromatic heterocycles. The standard InChI is InChI=1S/C13H10ClFN2O3S/c14-11-8-10(15)6-7-12(11)21(19,20)17-16-13(18)9-4-2-1-3-5-9/h1-8,17H,(H,16,18). The maximum atomic E-state index is 12.9. The second-order valence-electron chi connectivity index (χ2n) is 4.00. The van der Waals surface area contributed by atoms with Gasteiger partial charge in [-0.15, -0.1) is 4.83 Å². The Morgan fingerprint density at radius 2 is 1.76 bits per heavy atom. The van der Waals surface area contributed by atoms with E-state index in [4.69, 9.17) is 11.6 Å². The van der Waals surface area contributed by atoms with Gasteiger partial charge in [0.15, 0.2) is 0 Å². The van der Waals surface area contributed by atoms with Crippen LogP contribution in [0.5, 0.6) is 0 Å². The summed E-state index contributed by atoms with van der Waals surface area (Å²) in [5, 5.41) is -0.281. The minimum absolute atomic E-state index is 0.281. The van der Waals surface area contributed by atoms with Crippen molar-refractivity contribution in [1.29, 1.82) is 0 Å². The van der Waals surface area contributed by atoms with Crippen molar-refractivity contribution in [3.8, 4) is 0 Å². The van der Waals surface area contributed by atoms with Crippen molar-refractivity contribution in [1.82, 2.24) is 10.3 Å². The van der Waals surface area contributed by atoms with Gasteiger partial charge in [-0.25, -0.2) is 12.8 Å². The van der Waals surface area contributed by atoms with Gasteiger partial charge in [0.25, 0.3) is 15.9 Å². The van der Waals surface area contributed by atoms with Crippen molar-refractivity contribution >= 4 is 27.5 Å². The van der Waals surface area contributed by atoms with E-state index in [9.17, 15) is 17.6 Å². The Morgan fingerprint density at radius 1 is 1.10 bits per heavy atom. The van der Waals surface area contributed by atoms with Crippen LogP contribution in [-0.2, 0) is 10.0 Å². The fourth-order valence-electron chi connectivity index (χ4n) is 1.52. The number of carbonyl (C=O) groups is 1. The molecule has 0 spiro atoms. The summed E-state index contributed by atoms with van der Waals surface area (Å²) in [6.07, 6.45) is 0. The molecule has 0 fully saturated rings. The van der Waals surface area contributed by atoms with Gasteiger partial charge in [-0.1, -0.05) is 29.8 Å². The molecule has 0 bridgehead atoms. The Morgan fingerprint density at radius 3 is 2.38 bits per heavy atom. The first-order valence-electron chi connectivity index (χ1n) is 5.72. The third-order valence-electron chi connectivity index (χ3n) is 2.52. The highest BCUT2D eigenvalue weighted by Crippen LogP contribution is 2.21. The average Bonchev–Trinajstić information content (AvgIpc) is 2.45. The van der Waals surface area contributed by atoms with Crippen molar-refractivity contribution in [2.75, 3.05) is 0 Å². The summed E-state index contributed by atoms with van der Waals surface area (Å²) >= 11 is 5.67. The van der Waals surface area contributed by atoms with Gasteiger partial charge in [-0.05, 0) is 30.3 Å². The molecule has 0 heterocycles. The second-order valence-corrected chi connectivity index (χ2v) is 6.06. The number of hydrazine groups is 1. The van der Waals surface area contributed by atoms with Gasteiger partial charge in [0.1, 0.15) is 10.7 Å². The Labute approximate surface area is 125 Å². The van der Waals surface area contributed by atoms with Crippen LogP contribution in [0.2, 0.25) is 5.02 Å². The zero-order chi connectivity index (χ0) is 15.5. The van der Waals surface area contributed by atoms with E-state index in [1.807, 2.05) is 4.83 Å². The normalized spacial score (nSPS) is 11.1. The van der Waals surface area contributed by atoms with Crippen LogP contribution < -0.4 is 10.3 Å². The molecule has 0 saturated carbocycles. The maximum Gasteiger partial charge on any atom is 0.266 e. The van der Waals surface area contributed by atoms with Crippen molar-refractivity contribution in [3.63, 3.8) is 0 Å². The van der Waals surface area contributed by atoms with E-state index in [-0.39, 0.29) is 15.5 Å². The summed E-state index contributed by atoms with van der Waals surface area (Å²) in [7, 11) is -4.09. The molecule has 2 aromatic rings. The number of hydrogen-bond acceptors (Lipinski definition) is 3. The molecular weight excluding hydrogens is 319 g/mol. The summed E-state index contributed by atoms with van der Waals surface area (Å²) in [5.74, 6) is -1.29. The largest absolute Gasteiger partial charge is 0.273 e. The first-order chi connectivity index (χ1) is 9.90. The molecule has 5 nitrogen and oxygen atoms in total. The molecule has 0 radical (unpaired) electrons. The van der Waals surface area contributed by atoms with E-state index in [0.29, 0.717) is 0 Å². The lowest BCUT2D eigenvalue weighted by molar-refractivity contribution is 0.0945. The minimum Gasteiger partial charge on any atom is -0.273 e. The molecule has 21 heavy (non-hydrogen) atoms. The fraction of sp³-hybridized carbons (Fsp3) is 0. The first kappa shape index (κ1) is 15.4. The average molecular weight is 329 g/mol. The fourth-order valence-corrected chi connectivity index (χ4v) is 2.90. The Bertz CT molecular complexity index is 766. The van der Waals surface area contributed by atoms with Crippen LogP contribution in [0.15, 0.2) is 53.4 Å². The molecule has 0 aliphatic carbocycles. The molecule has 0 saturated heterocycles. The molecule has 2 aromatic carbocycles. The number of rotatable bonds is 4. The number of halogens is 2. The summed E-state index contributed by atoms with van der Waals surface area (Å²) in [4.78, 5) is 13.3. The molecule has 110 valence electrons. The first-order valence-corrected chi connectivity index (χ1v) is 7.58. The molecule has 8 heteroatoms. The van der Waals surface area contributed by atoms with Crippen LogP contribution in [0.25, 0.3) is 0 Å². The molecule has 2 N–H and O–H groups in total. The summed E-state index contributed by atoms with van der Waals surface area (Å²) in [6, 6.07) is 10.9. The molecule has 0 unspecified atom stereocenters. The van der Waals surface area contributed by atoms with Gasteiger partial charge in [-0.2, -0.15) is 0 Å². The van der Waals surface area contributed by atoms with Gasteiger partial charge < -0.3 is 0 Å². The predicted octanol–water partition coefficient (Wildman–Crippen LogP) is 2.10. The number of amides is 1. The topological polar surface area (TPSA) is 75.3 Å². The molecule has 2 rings (SSSR count). The van der Waals surface area contributed by atoms with E-state index >= 15 is 0 Å². The van der Waals surface area contributed by atoms with E-state index in [1.165, 1.54) is 12.1 Å². The number of carbonyl (C=O) groups excluding carboxylic acids is 1. The van der Waals surface area contributed by atoms with E-state index in [1.54, 1.807) is 18.2 Å². The van der Waals surface area contributed by atoms with Crippen molar-refractivity contribution in [2.24, 2.45) is 0 Å². The van der Waals surface area contributed by atoms with Crippen LogP contribution >= 0.6 is 11.6 Å². The third-order valence-corrected chi connectivity index (χ3v) is 4.25. The Balaban J connectivity index is 2.13. The highest BCUT2D eigenvalue weighted by atomic mass is 35.5. The third kappa shape index (κ3) is 3.78. The van der Waals surface area contributed by atoms with Crippen molar-refractivity contribution in [3.05, 3.63) is 64.9 Å². The molecule has 1 amide bonds. The molecule has 0 aliphatic rings. The maximum absolute atomic E-state index is 12.9. The summed E-state index contributed by atoms with van der Waals surface area (Å²) in [5.41, 5.74) is 2.33. The van der Waals surface area contributed by atoms with Gasteiger partial charge in [-0.3, -0.25) is 10.2 Å². The van der Waals surface area contributed by atoms with E-state index < -0.39 is 21.7 Å². The smallest absolute Gasteiger partial charge is 0.266 e. The SMILES string of the molecule is O=C(NNS(=O)(=O)c1ccc(F)cc1Cl)c1ccccc1. The van der Waals surface area contributed by atoms with E-state index in [2.05, 4.69) is 5.43 Å². The molecule has 0 aliphatic heterocycles. The monoisotopic (exact) mass is 328 g/mol. The second kappa shape index (κ2) is 6.21. The van der Waals surface area contributed by atoms with Crippen LogP contribution in [-0.4, -0.2) is 14.3 Å². The lowest BCUT2D eigenvalue weighted by Gasteiger charge is -2.09. The van der Waals surface area contributed by atoms with Crippen LogP contribution in [0, 0.1) is 5.82 Å². The Hall–Kier alpha value is -1.96. The zero-order valence-electron chi connectivity index (χ0n) is 10.5. The van der Waals surface area contributed by atoms with Crippen LogP contribution in [0.1, 0.15) is 10.4 Å². The van der Waals surface area contributed by atoms with Gasteiger partial charge in [0.2, 0.25) is 0 Å². The number of benzene rings is 2. The number of hydrogen-bond donors (Lipinski definition) is 2. The van der Waals surface area contributed by atoms with Crippen molar-refractivity contribution < 1.29 is 17.6 Å². The van der Waals surface area contributed by atoms with Crippen LogP contribution in [0.4, 0.5) is 4.39 Å². The summed E-state index contributed by atoms with van der Waals surface area (Å²) < 4.78 is 36.8.